The standard InChI is InChI=1S/C13H12N2O2.ClH/c14-10-6-2-4-8-12(10)15-11-7-3-1-5-9(11)13(16)17;/h1-8,15H,14H2,(H,16,17);1H. The van der Waals surface area contributed by atoms with E-state index in [9.17, 15) is 4.79 Å². The molecule has 0 heterocycles. The van der Waals surface area contributed by atoms with Crippen molar-refractivity contribution in [2.24, 2.45) is 0 Å². The Bertz CT molecular complexity index is 558. The number of hydrogen-bond donors (Lipinski definition) is 3. The third-order valence-electron chi connectivity index (χ3n) is 2.44. The quantitative estimate of drug-likeness (QED) is 0.666. The third-order valence-corrected chi connectivity index (χ3v) is 2.44. The molecule has 2 aromatic rings. The number of benzene rings is 2. The molecule has 0 aliphatic heterocycles. The fourth-order valence-electron chi connectivity index (χ4n) is 1.57. The van der Waals surface area contributed by atoms with Crippen molar-refractivity contribution >= 4 is 23.0 Å². The number of carboxylic acid groups (broad SMARTS) is 1. The van der Waals surface area contributed by atoms with Crippen LogP contribution in [0.4, 0.5) is 17.1 Å². The molecule has 0 unspecified atom stereocenters. The van der Waals surface area contributed by atoms with Crippen molar-refractivity contribution in [2.45, 2.75) is 0 Å². The molecule has 0 radical (unpaired) electrons. The molecule has 0 amide bonds. The Kier molecular flexibility index (Phi) is 4.71. The van der Waals surface area contributed by atoms with Crippen LogP contribution in [-0.4, -0.2) is 11.1 Å². The van der Waals surface area contributed by atoms with E-state index in [0.717, 1.165) is 11.4 Å². The van der Waals surface area contributed by atoms with Crippen molar-refractivity contribution in [3.63, 3.8) is 0 Å². The molecule has 0 aliphatic rings. The lowest BCUT2D eigenvalue weighted by atomic mass is 10.1. The first-order valence-corrected chi connectivity index (χ1v) is 5.19. The molecule has 0 saturated carbocycles. The van der Waals surface area contributed by atoms with Crippen LogP contribution in [0.2, 0.25) is 0 Å². The highest BCUT2D eigenvalue weighted by atomic mass is 35.5. The molecule has 0 fully saturated rings. The predicted molar refractivity (Wildman–Crippen MR) is 65.7 cm³/mol. The van der Waals surface area contributed by atoms with E-state index < -0.39 is 5.97 Å². The predicted octanol–water partition coefficient (Wildman–Crippen LogP) is -0.994. The average molecular weight is 265 g/mol. The van der Waals surface area contributed by atoms with Gasteiger partial charge in [-0.15, -0.1) is 0 Å². The lowest BCUT2D eigenvalue weighted by Gasteiger charge is -2.09. The number of rotatable bonds is 3. The number of carbonyl (C=O) groups is 1. The van der Waals surface area contributed by atoms with Crippen LogP contribution in [0, 0.1) is 0 Å². The fraction of sp³-hybridized carbons (Fsp3) is 0. The summed E-state index contributed by atoms with van der Waals surface area (Å²) < 4.78 is 0. The normalized spacial score (nSPS) is 9.39. The molecule has 0 spiro atoms. The number of para-hydroxylation sites is 2. The molecule has 2 aromatic carbocycles. The van der Waals surface area contributed by atoms with E-state index in [4.69, 9.17) is 5.11 Å². The third kappa shape index (κ3) is 3.00. The number of aromatic carboxylic acids is 1. The molecule has 18 heavy (non-hydrogen) atoms. The van der Waals surface area contributed by atoms with E-state index in [1.54, 1.807) is 24.3 Å². The van der Waals surface area contributed by atoms with Crippen LogP contribution in [0.5, 0.6) is 0 Å². The molecule has 0 bridgehead atoms. The maximum atomic E-state index is 11.0. The van der Waals surface area contributed by atoms with Crippen LogP contribution >= 0.6 is 0 Å². The zero-order valence-electron chi connectivity index (χ0n) is 9.56. The van der Waals surface area contributed by atoms with Gasteiger partial charge in [0.2, 0.25) is 0 Å². The highest BCUT2D eigenvalue weighted by molar-refractivity contribution is 5.95. The van der Waals surface area contributed by atoms with Gasteiger partial charge < -0.3 is 28.6 Å². The lowest BCUT2D eigenvalue weighted by molar-refractivity contribution is -0.253. The van der Waals surface area contributed by atoms with Crippen LogP contribution < -0.4 is 23.5 Å². The van der Waals surface area contributed by atoms with Crippen molar-refractivity contribution in [3.05, 3.63) is 54.1 Å². The maximum absolute atomic E-state index is 11.0. The Labute approximate surface area is 111 Å². The molecular weight excluding hydrogens is 252 g/mol. The zero-order valence-corrected chi connectivity index (χ0v) is 10.3. The minimum Gasteiger partial charge on any atom is -1.00 e. The summed E-state index contributed by atoms with van der Waals surface area (Å²) in [5, 5.41) is 12.1. The van der Waals surface area contributed by atoms with Crippen molar-refractivity contribution in [1.29, 1.82) is 0 Å². The first-order chi connectivity index (χ1) is 8.18. The first kappa shape index (κ1) is 14.0. The number of halogens is 1. The SMILES string of the molecule is [Cl-].[NH3+]c1ccccc1Nc1ccccc1C(=O)O. The lowest BCUT2D eigenvalue weighted by Crippen LogP contribution is -3.00. The monoisotopic (exact) mass is 264 g/mol. The molecule has 0 aromatic heterocycles. The second-order valence-corrected chi connectivity index (χ2v) is 3.63. The van der Waals surface area contributed by atoms with Gasteiger partial charge in [0.25, 0.3) is 0 Å². The summed E-state index contributed by atoms with van der Waals surface area (Å²) in [5.74, 6) is -0.949. The van der Waals surface area contributed by atoms with Crippen LogP contribution in [0.1, 0.15) is 10.4 Å². The van der Waals surface area contributed by atoms with Gasteiger partial charge in [-0.05, 0) is 18.2 Å². The number of nitrogens with one attached hydrogen (secondary N) is 1. The number of hydrogen-bond acceptors (Lipinski definition) is 2. The van der Waals surface area contributed by atoms with Gasteiger partial charge >= 0.3 is 5.97 Å². The second kappa shape index (κ2) is 6.05. The fourth-order valence-corrected chi connectivity index (χ4v) is 1.57. The Hall–Kier alpha value is -2.04. The number of carboxylic acids is 1. The van der Waals surface area contributed by atoms with Crippen LogP contribution in [0.3, 0.4) is 0 Å². The van der Waals surface area contributed by atoms with Gasteiger partial charge in [0.05, 0.1) is 11.3 Å². The highest BCUT2D eigenvalue weighted by Crippen LogP contribution is 2.24. The van der Waals surface area contributed by atoms with Gasteiger partial charge in [0.15, 0.2) is 5.69 Å². The summed E-state index contributed by atoms with van der Waals surface area (Å²) in [5.41, 5.74) is 6.33. The van der Waals surface area contributed by atoms with Crippen LogP contribution in [0.15, 0.2) is 48.5 Å². The minimum absolute atomic E-state index is 0. The Balaban J connectivity index is 0.00000162. The second-order valence-electron chi connectivity index (χ2n) is 3.63. The van der Waals surface area contributed by atoms with Crippen LogP contribution in [0.25, 0.3) is 0 Å². The number of quaternary nitrogens is 1. The van der Waals surface area contributed by atoms with Gasteiger partial charge in [-0.3, -0.25) is 0 Å². The zero-order chi connectivity index (χ0) is 12.3. The van der Waals surface area contributed by atoms with Crippen molar-refractivity contribution in [3.8, 4) is 0 Å². The van der Waals surface area contributed by atoms with E-state index in [-0.39, 0.29) is 18.0 Å². The first-order valence-electron chi connectivity index (χ1n) is 5.19. The van der Waals surface area contributed by atoms with Gasteiger partial charge in [0, 0.05) is 6.07 Å². The van der Waals surface area contributed by atoms with E-state index in [1.165, 1.54) is 0 Å². The molecule has 0 aliphatic carbocycles. The van der Waals surface area contributed by atoms with Crippen LogP contribution in [-0.2, 0) is 0 Å². The maximum Gasteiger partial charge on any atom is 0.337 e. The molecular formula is C13H13ClN2O2. The Morgan fingerprint density at radius 1 is 1.00 bits per heavy atom. The van der Waals surface area contributed by atoms with E-state index in [0.29, 0.717) is 5.69 Å². The van der Waals surface area contributed by atoms with E-state index in [1.807, 2.05) is 24.3 Å². The Morgan fingerprint density at radius 2 is 1.56 bits per heavy atom. The molecule has 0 atom stereocenters. The molecule has 0 saturated heterocycles. The highest BCUT2D eigenvalue weighted by Gasteiger charge is 2.10. The van der Waals surface area contributed by atoms with Crippen molar-refractivity contribution in [1.82, 2.24) is 0 Å². The summed E-state index contributed by atoms with van der Waals surface area (Å²) in [6.07, 6.45) is 0. The number of anilines is 2. The summed E-state index contributed by atoms with van der Waals surface area (Å²) >= 11 is 0. The summed E-state index contributed by atoms with van der Waals surface area (Å²) in [7, 11) is 0. The van der Waals surface area contributed by atoms with Crippen molar-refractivity contribution < 1.29 is 28.0 Å². The molecule has 5 heteroatoms. The molecule has 2 rings (SSSR count). The summed E-state index contributed by atoms with van der Waals surface area (Å²) in [4.78, 5) is 11.0. The topological polar surface area (TPSA) is 77.0 Å². The Morgan fingerprint density at radius 3 is 2.17 bits per heavy atom. The van der Waals surface area contributed by atoms with Gasteiger partial charge in [0.1, 0.15) is 5.69 Å². The molecule has 5 N–H and O–H groups in total. The smallest absolute Gasteiger partial charge is 0.337 e. The summed E-state index contributed by atoms with van der Waals surface area (Å²) in [6.45, 7) is 0. The van der Waals surface area contributed by atoms with E-state index in [2.05, 4.69) is 11.1 Å². The molecule has 94 valence electrons. The van der Waals surface area contributed by atoms with E-state index >= 15 is 0 Å². The summed E-state index contributed by atoms with van der Waals surface area (Å²) in [6, 6.07) is 14.3. The van der Waals surface area contributed by atoms with Gasteiger partial charge in [-0.2, -0.15) is 0 Å². The van der Waals surface area contributed by atoms with Gasteiger partial charge in [-0.25, -0.2) is 4.79 Å². The largest absolute Gasteiger partial charge is 1.00 e. The van der Waals surface area contributed by atoms with Gasteiger partial charge in [-0.1, -0.05) is 24.3 Å². The molecule has 4 nitrogen and oxygen atoms in total. The van der Waals surface area contributed by atoms with Crippen molar-refractivity contribution in [2.75, 3.05) is 5.32 Å². The minimum atomic E-state index is -0.949. The average Bonchev–Trinajstić information content (AvgIpc) is 2.32.